The number of ether oxygens (including phenoxy) is 2. The average Bonchev–Trinajstić information content (AvgIpc) is 3.40. The molecule has 0 fully saturated rings. The van der Waals surface area contributed by atoms with Gasteiger partial charge in [0.1, 0.15) is 17.4 Å². The SMILES string of the molecule is CC(C)Oc1ccc(-c2nc(-c3cccc4c3CC[C@H]4NC(=O)OC(C)(C)C)no2)cc1C#N. The van der Waals surface area contributed by atoms with Crippen molar-refractivity contribution in [3.63, 3.8) is 0 Å². The van der Waals surface area contributed by atoms with Gasteiger partial charge >= 0.3 is 6.09 Å². The van der Waals surface area contributed by atoms with Crippen molar-refractivity contribution < 1.29 is 18.8 Å². The molecule has 1 aliphatic rings. The molecule has 8 nitrogen and oxygen atoms in total. The average molecular weight is 461 g/mol. The lowest BCUT2D eigenvalue weighted by atomic mass is 10.0. The van der Waals surface area contributed by atoms with Crippen molar-refractivity contribution in [2.24, 2.45) is 0 Å². The molecule has 0 spiro atoms. The van der Waals surface area contributed by atoms with E-state index in [9.17, 15) is 10.1 Å². The molecule has 34 heavy (non-hydrogen) atoms. The van der Waals surface area contributed by atoms with Crippen LogP contribution in [0.1, 0.15) is 63.8 Å². The van der Waals surface area contributed by atoms with E-state index in [-0.39, 0.29) is 12.1 Å². The first kappa shape index (κ1) is 23.3. The standard InChI is InChI=1S/C26H28N4O4/c1-15(2)32-22-12-9-16(13-17(22)14-27)24-29-23(30-34-24)20-8-6-7-19-18(20)10-11-21(19)28-25(31)33-26(3,4)5/h6-9,12-13,15,21H,10-11H2,1-5H3,(H,28,31)/t21-/m1/s1. The lowest BCUT2D eigenvalue weighted by molar-refractivity contribution is 0.0503. The number of carbonyl (C=O) groups excluding carboxylic acids is 1. The molecule has 1 amide bonds. The van der Waals surface area contributed by atoms with Gasteiger partial charge < -0.3 is 19.3 Å². The Balaban J connectivity index is 1.58. The third kappa shape index (κ3) is 5.04. The van der Waals surface area contributed by atoms with E-state index in [1.54, 1.807) is 18.2 Å². The van der Waals surface area contributed by atoms with E-state index < -0.39 is 11.7 Å². The first-order valence-electron chi connectivity index (χ1n) is 11.3. The first-order valence-corrected chi connectivity index (χ1v) is 11.3. The molecule has 3 aromatic rings. The molecule has 2 aromatic carbocycles. The summed E-state index contributed by atoms with van der Waals surface area (Å²) in [6.45, 7) is 9.33. The number of hydrogen-bond donors (Lipinski definition) is 1. The van der Waals surface area contributed by atoms with Crippen LogP contribution in [0, 0.1) is 11.3 Å². The van der Waals surface area contributed by atoms with Crippen LogP contribution in [-0.2, 0) is 11.2 Å². The second-order valence-corrected chi connectivity index (χ2v) is 9.52. The Hall–Kier alpha value is -3.86. The van der Waals surface area contributed by atoms with Crippen LogP contribution < -0.4 is 10.1 Å². The number of amides is 1. The zero-order valence-corrected chi connectivity index (χ0v) is 20.0. The highest BCUT2D eigenvalue weighted by Crippen LogP contribution is 2.37. The van der Waals surface area contributed by atoms with Gasteiger partial charge in [-0.3, -0.25) is 0 Å². The molecule has 1 aromatic heterocycles. The number of aromatic nitrogens is 2. The highest BCUT2D eigenvalue weighted by molar-refractivity contribution is 5.71. The number of benzene rings is 2. The molecule has 0 saturated carbocycles. The molecule has 176 valence electrons. The summed E-state index contributed by atoms with van der Waals surface area (Å²) >= 11 is 0. The smallest absolute Gasteiger partial charge is 0.408 e. The van der Waals surface area contributed by atoms with Gasteiger partial charge in [-0.15, -0.1) is 0 Å². The topological polar surface area (TPSA) is 110 Å². The fraction of sp³-hybridized carbons (Fsp3) is 0.385. The van der Waals surface area contributed by atoms with E-state index in [0.29, 0.717) is 28.6 Å². The summed E-state index contributed by atoms with van der Waals surface area (Å²) in [6, 6.07) is 13.1. The molecule has 1 N–H and O–H groups in total. The Kier molecular flexibility index (Phi) is 6.29. The summed E-state index contributed by atoms with van der Waals surface area (Å²) in [7, 11) is 0. The molecule has 4 rings (SSSR count). The highest BCUT2D eigenvalue weighted by atomic mass is 16.6. The minimum absolute atomic E-state index is 0.0400. The van der Waals surface area contributed by atoms with Crippen molar-refractivity contribution >= 4 is 6.09 Å². The van der Waals surface area contributed by atoms with E-state index in [4.69, 9.17) is 14.0 Å². The maximum absolute atomic E-state index is 12.3. The predicted molar refractivity (Wildman–Crippen MR) is 126 cm³/mol. The van der Waals surface area contributed by atoms with E-state index >= 15 is 0 Å². The van der Waals surface area contributed by atoms with E-state index in [0.717, 1.165) is 29.5 Å². The number of nitrogens with zero attached hydrogens (tertiary/aromatic N) is 3. The Labute approximate surface area is 198 Å². The quantitative estimate of drug-likeness (QED) is 0.529. The molecule has 0 bridgehead atoms. The zero-order valence-electron chi connectivity index (χ0n) is 20.0. The number of fused-ring (bicyclic) bond motifs is 1. The van der Waals surface area contributed by atoms with Gasteiger partial charge in [0.2, 0.25) is 5.82 Å². The van der Waals surface area contributed by atoms with Crippen LogP contribution >= 0.6 is 0 Å². The van der Waals surface area contributed by atoms with Gasteiger partial charge in [-0.05, 0) is 76.8 Å². The summed E-state index contributed by atoms with van der Waals surface area (Å²) in [5.74, 6) is 1.30. The number of rotatable bonds is 5. The summed E-state index contributed by atoms with van der Waals surface area (Å²) in [5, 5.41) is 16.7. The lowest BCUT2D eigenvalue weighted by Gasteiger charge is -2.22. The third-order valence-corrected chi connectivity index (χ3v) is 5.34. The van der Waals surface area contributed by atoms with Crippen LogP contribution in [0.5, 0.6) is 5.75 Å². The highest BCUT2D eigenvalue weighted by Gasteiger charge is 2.29. The van der Waals surface area contributed by atoms with E-state index in [1.165, 1.54) is 0 Å². The van der Waals surface area contributed by atoms with Gasteiger partial charge in [-0.2, -0.15) is 10.2 Å². The third-order valence-electron chi connectivity index (χ3n) is 5.34. The van der Waals surface area contributed by atoms with Crippen LogP contribution in [0.15, 0.2) is 40.9 Å². The van der Waals surface area contributed by atoms with Gasteiger partial charge in [-0.1, -0.05) is 23.4 Å². The lowest BCUT2D eigenvalue weighted by Crippen LogP contribution is -2.34. The van der Waals surface area contributed by atoms with Crippen molar-refractivity contribution in [3.05, 3.63) is 53.1 Å². The van der Waals surface area contributed by atoms with Crippen molar-refractivity contribution in [1.29, 1.82) is 5.26 Å². The van der Waals surface area contributed by atoms with Gasteiger partial charge in [0.15, 0.2) is 0 Å². The number of nitrogens with one attached hydrogen (secondary N) is 1. The van der Waals surface area contributed by atoms with Crippen LogP contribution in [0.2, 0.25) is 0 Å². The van der Waals surface area contributed by atoms with Gasteiger partial charge in [-0.25, -0.2) is 4.79 Å². The number of hydrogen-bond acceptors (Lipinski definition) is 7. The van der Waals surface area contributed by atoms with Crippen molar-refractivity contribution in [2.75, 3.05) is 0 Å². The molecule has 8 heteroatoms. The van der Waals surface area contributed by atoms with Crippen LogP contribution in [0.25, 0.3) is 22.8 Å². The van der Waals surface area contributed by atoms with Crippen LogP contribution in [-0.4, -0.2) is 27.9 Å². The minimum atomic E-state index is -0.557. The molecule has 1 heterocycles. The molecular weight excluding hydrogens is 432 g/mol. The van der Waals surface area contributed by atoms with Crippen molar-refractivity contribution in [2.45, 2.75) is 65.2 Å². The molecule has 1 aliphatic carbocycles. The van der Waals surface area contributed by atoms with Crippen molar-refractivity contribution in [3.8, 4) is 34.7 Å². The van der Waals surface area contributed by atoms with E-state index in [2.05, 4.69) is 21.5 Å². The molecule has 0 aliphatic heterocycles. The van der Waals surface area contributed by atoms with Crippen molar-refractivity contribution in [1.82, 2.24) is 15.5 Å². The Morgan fingerprint density at radius 1 is 1.26 bits per heavy atom. The predicted octanol–water partition coefficient (Wildman–Crippen LogP) is 5.57. The summed E-state index contributed by atoms with van der Waals surface area (Å²) in [5.41, 5.74) is 3.46. The van der Waals surface area contributed by atoms with Gasteiger partial charge in [0.05, 0.1) is 17.7 Å². The molecule has 0 saturated heterocycles. The molecular formula is C26H28N4O4. The zero-order chi connectivity index (χ0) is 24.5. The second kappa shape index (κ2) is 9.18. The molecule has 1 atom stereocenters. The summed E-state index contributed by atoms with van der Waals surface area (Å²) in [6.07, 6.45) is 1.06. The normalized spacial score (nSPS) is 15.0. The summed E-state index contributed by atoms with van der Waals surface area (Å²) in [4.78, 5) is 16.9. The maximum atomic E-state index is 12.3. The van der Waals surface area contributed by atoms with E-state index in [1.807, 2.05) is 52.8 Å². The first-order chi connectivity index (χ1) is 16.1. The molecule has 0 unspecified atom stereocenters. The van der Waals surface area contributed by atoms with Crippen LogP contribution in [0.3, 0.4) is 0 Å². The fourth-order valence-corrected chi connectivity index (χ4v) is 4.02. The monoisotopic (exact) mass is 460 g/mol. The largest absolute Gasteiger partial charge is 0.490 e. The Morgan fingerprint density at radius 3 is 2.76 bits per heavy atom. The number of carbonyl (C=O) groups is 1. The Morgan fingerprint density at radius 2 is 2.06 bits per heavy atom. The number of nitriles is 1. The second-order valence-electron chi connectivity index (χ2n) is 9.52. The molecule has 0 radical (unpaired) electrons. The minimum Gasteiger partial charge on any atom is -0.490 e. The Bertz CT molecular complexity index is 1250. The van der Waals surface area contributed by atoms with Gasteiger partial charge in [0.25, 0.3) is 5.89 Å². The summed E-state index contributed by atoms with van der Waals surface area (Å²) < 4.78 is 16.6. The maximum Gasteiger partial charge on any atom is 0.408 e. The number of alkyl carbamates (subject to hydrolysis) is 1. The van der Waals surface area contributed by atoms with Gasteiger partial charge in [0, 0.05) is 11.1 Å². The van der Waals surface area contributed by atoms with Crippen LogP contribution in [0.4, 0.5) is 4.79 Å². The fourth-order valence-electron chi connectivity index (χ4n) is 4.02.